The number of benzene rings is 7. The summed E-state index contributed by atoms with van der Waals surface area (Å²) in [6.07, 6.45) is 0. The van der Waals surface area contributed by atoms with Gasteiger partial charge in [0.05, 0.1) is 27.3 Å². The van der Waals surface area contributed by atoms with Crippen LogP contribution in [0.3, 0.4) is 0 Å². The van der Waals surface area contributed by atoms with Gasteiger partial charge in [-0.2, -0.15) is 0 Å². The van der Waals surface area contributed by atoms with Gasteiger partial charge in [-0.1, -0.05) is 159 Å². The normalized spacial score (nSPS) is 13.0. The molecule has 3 heterocycles. The molecule has 1 aliphatic rings. The highest BCUT2D eigenvalue weighted by Crippen LogP contribution is 2.50. The Morgan fingerprint density at radius 2 is 1.04 bits per heavy atom. The van der Waals surface area contributed by atoms with Crippen LogP contribution in [0.1, 0.15) is 25.0 Å². The van der Waals surface area contributed by atoms with Crippen LogP contribution in [0, 0.1) is 0 Å². The Kier molecular flexibility index (Phi) is 7.42. The predicted octanol–water partition coefficient (Wildman–Crippen LogP) is 14.6. The number of thiophene rings is 1. The second-order valence-electron chi connectivity index (χ2n) is 15.4. The number of nitrogens with zero attached hydrogens (tertiary/aromatic N) is 2. The Labute approximate surface area is 330 Å². The number of para-hydroxylation sites is 1. The fourth-order valence-electron chi connectivity index (χ4n) is 8.79. The molecular formula is C53H36N2S. The zero-order valence-corrected chi connectivity index (χ0v) is 31.9. The molecule has 3 aromatic heterocycles. The molecule has 0 amide bonds. The van der Waals surface area contributed by atoms with Crippen LogP contribution in [0.25, 0.3) is 98.2 Å². The number of fused-ring (bicyclic) bond motifs is 8. The van der Waals surface area contributed by atoms with E-state index in [9.17, 15) is 0 Å². The molecule has 56 heavy (non-hydrogen) atoms. The summed E-state index contributed by atoms with van der Waals surface area (Å²) in [4.78, 5) is 10.6. The summed E-state index contributed by atoms with van der Waals surface area (Å²) in [5.41, 5.74) is 17.3. The minimum absolute atomic E-state index is 0.0518. The average Bonchev–Trinajstić information content (AvgIpc) is 3.76. The maximum Gasteiger partial charge on any atom is 0.0888 e. The first-order valence-electron chi connectivity index (χ1n) is 19.2. The van der Waals surface area contributed by atoms with Gasteiger partial charge in [-0.05, 0) is 80.9 Å². The smallest absolute Gasteiger partial charge is 0.0888 e. The minimum Gasteiger partial charge on any atom is -0.248 e. The number of rotatable bonds is 5. The Bertz CT molecular complexity index is 3150. The lowest BCUT2D eigenvalue weighted by Gasteiger charge is -2.22. The Morgan fingerprint density at radius 1 is 0.411 bits per heavy atom. The summed E-state index contributed by atoms with van der Waals surface area (Å²) >= 11 is 1.83. The summed E-state index contributed by atoms with van der Waals surface area (Å²) in [5, 5.41) is 3.77. The first kappa shape index (κ1) is 32.7. The lowest BCUT2D eigenvalue weighted by atomic mass is 9.81. The summed E-state index contributed by atoms with van der Waals surface area (Å²) in [6, 6.07) is 65.7. The van der Waals surface area contributed by atoms with Gasteiger partial charge in [0.15, 0.2) is 0 Å². The van der Waals surface area contributed by atoms with Crippen LogP contribution in [-0.4, -0.2) is 9.97 Å². The van der Waals surface area contributed by atoms with Crippen LogP contribution in [0.2, 0.25) is 0 Å². The van der Waals surface area contributed by atoms with Crippen molar-refractivity contribution in [2.24, 2.45) is 0 Å². The first-order chi connectivity index (χ1) is 27.5. The molecule has 10 aromatic rings. The van der Waals surface area contributed by atoms with Crippen molar-refractivity contribution < 1.29 is 0 Å². The Hall–Kier alpha value is -6.68. The molecule has 0 unspecified atom stereocenters. The molecule has 3 heteroatoms. The zero-order chi connectivity index (χ0) is 37.4. The van der Waals surface area contributed by atoms with E-state index in [-0.39, 0.29) is 5.41 Å². The number of hydrogen-bond acceptors (Lipinski definition) is 3. The molecule has 2 nitrogen and oxygen atoms in total. The van der Waals surface area contributed by atoms with Gasteiger partial charge in [0, 0.05) is 43.0 Å². The van der Waals surface area contributed by atoms with Crippen molar-refractivity contribution in [3.05, 3.63) is 193 Å². The van der Waals surface area contributed by atoms with Gasteiger partial charge in [-0.3, -0.25) is 0 Å². The van der Waals surface area contributed by atoms with Gasteiger partial charge in [0.1, 0.15) is 0 Å². The molecular weight excluding hydrogens is 697 g/mol. The molecule has 0 spiro atoms. The van der Waals surface area contributed by atoms with Crippen LogP contribution in [0.15, 0.2) is 182 Å². The van der Waals surface area contributed by atoms with Crippen molar-refractivity contribution in [3.8, 4) is 67.2 Å². The molecule has 0 saturated heterocycles. The molecule has 1 aliphatic carbocycles. The van der Waals surface area contributed by atoms with E-state index in [0.29, 0.717) is 0 Å². The number of aromatic nitrogens is 2. The molecule has 0 bridgehead atoms. The first-order valence-corrected chi connectivity index (χ1v) is 20.0. The van der Waals surface area contributed by atoms with Crippen LogP contribution in [0.4, 0.5) is 0 Å². The third kappa shape index (κ3) is 5.23. The third-order valence-electron chi connectivity index (χ3n) is 11.7. The second kappa shape index (κ2) is 12.7. The van der Waals surface area contributed by atoms with E-state index in [1.54, 1.807) is 0 Å². The van der Waals surface area contributed by atoms with Crippen LogP contribution in [0.5, 0.6) is 0 Å². The quantitative estimate of drug-likeness (QED) is 0.176. The van der Waals surface area contributed by atoms with Gasteiger partial charge in [-0.15, -0.1) is 11.3 Å². The molecule has 264 valence electrons. The van der Waals surface area contributed by atoms with Crippen molar-refractivity contribution in [2.45, 2.75) is 19.3 Å². The minimum atomic E-state index is -0.0518. The molecule has 11 rings (SSSR count). The van der Waals surface area contributed by atoms with E-state index in [1.807, 2.05) is 11.3 Å². The van der Waals surface area contributed by atoms with Crippen molar-refractivity contribution in [1.82, 2.24) is 9.97 Å². The lowest BCUT2D eigenvalue weighted by molar-refractivity contribution is 0.660. The number of hydrogen-bond donors (Lipinski definition) is 0. The molecule has 0 N–H and O–H groups in total. The van der Waals surface area contributed by atoms with Crippen LogP contribution >= 0.6 is 11.3 Å². The predicted molar refractivity (Wildman–Crippen MR) is 237 cm³/mol. The van der Waals surface area contributed by atoms with Crippen molar-refractivity contribution in [2.75, 3.05) is 0 Å². The van der Waals surface area contributed by atoms with Crippen molar-refractivity contribution in [1.29, 1.82) is 0 Å². The standard InChI is InChI=1S/C53H36N2S/c1-53(2)44-20-9-6-17-40(44)41-28-27-37(30-45(41)53)36-15-12-16-38(29-36)48-32-39(33-13-4-3-5-14-33)31-47(54-48)34-23-25-35(26-24-34)51-52-50(42-18-7-10-21-46(42)55-51)43-19-8-11-22-49(43)56-52/h3-32H,1-2H3. The fourth-order valence-corrected chi connectivity index (χ4v) is 10.0. The summed E-state index contributed by atoms with van der Waals surface area (Å²) in [5.74, 6) is 0. The van der Waals surface area contributed by atoms with E-state index in [1.165, 1.54) is 58.9 Å². The monoisotopic (exact) mass is 732 g/mol. The van der Waals surface area contributed by atoms with Crippen LogP contribution < -0.4 is 0 Å². The third-order valence-corrected chi connectivity index (χ3v) is 12.9. The summed E-state index contributed by atoms with van der Waals surface area (Å²) in [6.45, 7) is 4.68. The van der Waals surface area contributed by atoms with Gasteiger partial charge >= 0.3 is 0 Å². The van der Waals surface area contributed by atoms with Crippen LogP contribution in [-0.2, 0) is 5.41 Å². The lowest BCUT2D eigenvalue weighted by Crippen LogP contribution is -2.14. The number of pyridine rings is 2. The van der Waals surface area contributed by atoms with E-state index in [0.717, 1.165) is 50.4 Å². The Balaban J connectivity index is 1.01. The fraction of sp³-hybridized carbons (Fsp3) is 0.0566. The Morgan fingerprint density at radius 3 is 1.89 bits per heavy atom. The largest absolute Gasteiger partial charge is 0.248 e. The van der Waals surface area contributed by atoms with E-state index < -0.39 is 0 Å². The highest BCUT2D eigenvalue weighted by Gasteiger charge is 2.35. The van der Waals surface area contributed by atoms with Gasteiger partial charge in [0.2, 0.25) is 0 Å². The van der Waals surface area contributed by atoms with Crippen molar-refractivity contribution in [3.63, 3.8) is 0 Å². The zero-order valence-electron chi connectivity index (χ0n) is 31.1. The molecule has 0 fully saturated rings. The van der Waals surface area contributed by atoms with Gasteiger partial charge in [0.25, 0.3) is 0 Å². The molecule has 7 aromatic carbocycles. The van der Waals surface area contributed by atoms with E-state index in [4.69, 9.17) is 9.97 Å². The SMILES string of the molecule is CC1(C)c2ccccc2-c2ccc(-c3cccc(-c4cc(-c5ccccc5)cc(-c5ccc(-c6nc7ccccc7c7c6sc6ccccc67)cc5)n4)c3)cc21. The molecule has 0 atom stereocenters. The molecule has 0 saturated carbocycles. The maximum atomic E-state index is 5.35. The van der Waals surface area contributed by atoms with Crippen molar-refractivity contribution >= 4 is 42.4 Å². The average molecular weight is 733 g/mol. The maximum absolute atomic E-state index is 5.35. The summed E-state index contributed by atoms with van der Waals surface area (Å²) < 4.78 is 2.50. The van der Waals surface area contributed by atoms with Gasteiger partial charge in [-0.25, -0.2) is 9.97 Å². The topological polar surface area (TPSA) is 25.8 Å². The molecule has 0 aliphatic heterocycles. The van der Waals surface area contributed by atoms with Gasteiger partial charge < -0.3 is 0 Å². The second-order valence-corrected chi connectivity index (χ2v) is 16.4. The van der Waals surface area contributed by atoms with E-state index in [2.05, 4.69) is 196 Å². The highest BCUT2D eigenvalue weighted by molar-refractivity contribution is 7.26. The molecule has 0 radical (unpaired) electrons. The summed E-state index contributed by atoms with van der Waals surface area (Å²) in [7, 11) is 0. The van der Waals surface area contributed by atoms with E-state index >= 15 is 0 Å². The highest BCUT2D eigenvalue weighted by atomic mass is 32.1.